The van der Waals surface area contributed by atoms with Crippen molar-refractivity contribution in [3.8, 4) is 0 Å². The number of nitrogens with two attached hydrogens (primary N) is 1. The van der Waals surface area contributed by atoms with Crippen LogP contribution in [0.25, 0.3) is 10.8 Å². The molecule has 0 saturated carbocycles. The van der Waals surface area contributed by atoms with Crippen molar-refractivity contribution in [1.29, 1.82) is 0 Å². The number of nitrogens with one attached hydrogen (secondary N) is 1. The third-order valence-corrected chi connectivity index (χ3v) is 3.96. The molecule has 1 atom stereocenters. The first kappa shape index (κ1) is 13.9. The molecule has 3 aromatic rings. The van der Waals surface area contributed by atoms with Gasteiger partial charge in [0.15, 0.2) is 0 Å². The lowest BCUT2D eigenvalue weighted by Gasteiger charge is -2.16. The molecule has 0 amide bonds. The van der Waals surface area contributed by atoms with E-state index in [9.17, 15) is 0 Å². The maximum atomic E-state index is 5.78. The van der Waals surface area contributed by atoms with Gasteiger partial charge in [-0.15, -0.1) is 0 Å². The zero-order valence-electron chi connectivity index (χ0n) is 12.4. The molecule has 0 fully saturated rings. The van der Waals surface area contributed by atoms with Gasteiger partial charge in [0.1, 0.15) is 11.5 Å². The van der Waals surface area contributed by atoms with E-state index in [4.69, 9.17) is 10.3 Å². The molecule has 1 unspecified atom stereocenters. The fourth-order valence-electron chi connectivity index (χ4n) is 2.95. The minimum Gasteiger partial charge on any atom is -0.466 e. The minimum absolute atomic E-state index is 0.0493. The van der Waals surface area contributed by atoms with Crippen molar-refractivity contribution < 1.29 is 4.42 Å². The molecule has 0 aliphatic heterocycles. The SMILES string of the molecule is Cc1cc(C(Cc2cccc3ccccc23)NN)c(C)o1. The molecule has 2 aromatic carbocycles. The molecule has 3 nitrogen and oxygen atoms in total. The van der Waals surface area contributed by atoms with Crippen LogP contribution in [0.4, 0.5) is 0 Å². The maximum absolute atomic E-state index is 5.78. The monoisotopic (exact) mass is 280 g/mol. The fraction of sp³-hybridized carbons (Fsp3) is 0.222. The lowest BCUT2D eigenvalue weighted by Crippen LogP contribution is -2.29. The topological polar surface area (TPSA) is 51.2 Å². The van der Waals surface area contributed by atoms with Crippen LogP contribution < -0.4 is 11.3 Å². The van der Waals surface area contributed by atoms with Crippen LogP contribution in [0.15, 0.2) is 52.9 Å². The summed E-state index contributed by atoms with van der Waals surface area (Å²) in [7, 11) is 0. The molecular formula is C18H20N2O. The van der Waals surface area contributed by atoms with E-state index in [-0.39, 0.29) is 6.04 Å². The Labute approximate surface area is 124 Å². The Balaban J connectivity index is 1.98. The second-order valence-electron chi connectivity index (χ2n) is 5.43. The van der Waals surface area contributed by atoms with Crippen molar-refractivity contribution in [3.63, 3.8) is 0 Å². The van der Waals surface area contributed by atoms with Gasteiger partial charge in [-0.05, 0) is 42.7 Å². The highest BCUT2D eigenvalue weighted by Crippen LogP contribution is 2.27. The van der Waals surface area contributed by atoms with Crippen LogP contribution in [0, 0.1) is 13.8 Å². The van der Waals surface area contributed by atoms with E-state index in [0.29, 0.717) is 0 Å². The van der Waals surface area contributed by atoms with Gasteiger partial charge in [0, 0.05) is 5.56 Å². The smallest absolute Gasteiger partial charge is 0.105 e. The van der Waals surface area contributed by atoms with E-state index in [2.05, 4.69) is 54.0 Å². The molecule has 3 N–H and O–H groups in total. The van der Waals surface area contributed by atoms with E-state index in [1.54, 1.807) is 0 Å². The number of hydrogen-bond acceptors (Lipinski definition) is 3. The van der Waals surface area contributed by atoms with Crippen LogP contribution in [-0.2, 0) is 6.42 Å². The first-order valence-corrected chi connectivity index (χ1v) is 7.18. The molecule has 3 rings (SSSR count). The standard InChI is InChI=1S/C18H20N2O/c1-12-10-17(13(2)21-12)18(20-19)11-15-8-5-7-14-6-3-4-9-16(14)15/h3-10,18,20H,11,19H2,1-2H3. The van der Waals surface area contributed by atoms with Crippen molar-refractivity contribution >= 4 is 10.8 Å². The molecule has 0 saturated heterocycles. The van der Waals surface area contributed by atoms with Crippen LogP contribution in [0.5, 0.6) is 0 Å². The lowest BCUT2D eigenvalue weighted by molar-refractivity contribution is 0.485. The molecule has 108 valence electrons. The second-order valence-corrected chi connectivity index (χ2v) is 5.43. The first-order valence-electron chi connectivity index (χ1n) is 7.18. The Bertz CT molecular complexity index is 756. The molecule has 0 aliphatic rings. The van der Waals surface area contributed by atoms with Crippen molar-refractivity contribution in [2.24, 2.45) is 5.84 Å². The van der Waals surface area contributed by atoms with Crippen molar-refractivity contribution in [1.82, 2.24) is 5.43 Å². The van der Waals surface area contributed by atoms with E-state index >= 15 is 0 Å². The summed E-state index contributed by atoms with van der Waals surface area (Å²) in [5.41, 5.74) is 5.34. The third kappa shape index (κ3) is 2.71. The highest BCUT2D eigenvalue weighted by atomic mass is 16.3. The molecule has 3 heteroatoms. The third-order valence-electron chi connectivity index (χ3n) is 3.96. The molecule has 0 spiro atoms. The van der Waals surface area contributed by atoms with Crippen LogP contribution in [0.3, 0.4) is 0 Å². The van der Waals surface area contributed by atoms with E-state index in [0.717, 1.165) is 23.5 Å². The van der Waals surface area contributed by atoms with Crippen molar-refractivity contribution in [3.05, 3.63) is 71.2 Å². The lowest BCUT2D eigenvalue weighted by atomic mass is 9.95. The van der Waals surface area contributed by atoms with Crippen molar-refractivity contribution in [2.75, 3.05) is 0 Å². The van der Waals surface area contributed by atoms with Gasteiger partial charge in [-0.2, -0.15) is 0 Å². The van der Waals surface area contributed by atoms with Gasteiger partial charge in [-0.3, -0.25) is 11.3 Å². The van der Waals surface area contributed by atoms with Crippen LogP contribution in [-0.4, -0.2) is 0 Å². The summed E-state index contributed by atoms with van der Waals surface area (Å²) in [6.07, 6.45) is 0.831. The zero-order valence-corrected chi connectivity index (χ0v) is 12.4. The Morgan fingerprint density at radius 3 is 2.57 bits per heavy atom. The zero-order chi connectivity index (χ0) is 14.8. The summed E-state index contributed by atoms with van der Waals surface area (Å²) in [6.45, 7) is 3.94. The van der Waals surface area contributed by atoms with Gasteiger partial charge in [-0.1, -0.05) is 42.5 Å². The summed E-state index contributed by atoms with van der Waals surface area (Å²) in [6, 6.07) is 16.9. The predicted octanol–water partition coefficient (Wildman–Crippen LogP) is 3.80. The van der Waals surface area contributed by atoms with Gasteiger partial charge in [0.2, 0.25) is 0 Å². The number of hydrazine groups is 1. The minimum atomic E-state index is 0.0493. The van der Waals surface area contributed by atoms with E-state index < -0.39 is 0 Å². The Morgan fingerprint density at radius 1 is 1.10 bits per heavy atom. The maximum Gasteiger partial charge on any atom is 0.105 e. The normalized spacial score (nSPS) is 12.7. The second kappa shape index (κ2) is 5.72. The molecule has 21 heavy (non-hydrogen) atoms. The molecule has 0 radical (unpaired) electrons. The quantitative estimate of drug-likeness (QED) is 0.564. The average Bonchev–Trinajstić information content (AvgIpc) is 2.83. The number of fused-ring (bicyclic) bond motifs is 1. The average molecular weight is 280 g/mol. The summed E-state index contributed by atoms with van der Waals surface area (Å²) in [5.74, 6) is 7.63. The van der Waals surface area contributed by atoms with E-state index in [1.165, 1.54) is 16.3 Å². The summed E-state index contributed by atoms with van der Waals surface area (Å²) >= 11 is 0. The van der Waals surface area contributed by atoms with Gasteiger partial charge in [0.05, 0.1) is 6.04 Å². The molecule has 0 bridgehead atoms. The number of benzene rings is 2. The van der Waals surface area contributed by atoms with Crippen molar-refractivity contribution in [2.45, 2.75) is 26.3 Å². The largest absolute Gasteiger partial charge is 0.466 e. The molecule has 1 heterocycles. The highest BCUT2D eigenvalue weighted by molar-refractivity contribution is 5.85. The molecule has 0 aliphatic carbocycles. The Hall–Kier alpha value is -2.10. The van der Waals surface area contributed by atoms with Crippen LogP contribution >= 0.6 is 0 Å². The molecule has 1 aromatic heterocycles. The Kier molecular flexibility index (Phi) is 3.78. The number of rotatable bonds is 4. The van der Waals surface area contributed by atoms with Gasteiger partial charge in [-0.25, -0.2) is 0 Å². The van der Waals surface area contributed by atoms with Crippen LogP contribution in [0.2, 0.25) is 0 Å². The highest BCUT2D eigenvalue weighted by Gasteiger charge is 2.17. The van der Waals surface area contributed by atoms with Gasteiger partial charge >= 0.3 is 0 Å². The van der Waals surface area contributed by atoms with Gasteiger partial charge < -0.3 is 4.42 Å². The van der Waals surface area contributed by atoms with Crippen LogP contribution in [0.1, 0.15) is 28.7 Å². The Morgan fingerprint density at radius 2 is 1.86 bits per heavy atom. The summed E-state index contributed by atoms with van der Waals surface area (Å²) in [4.78, 5) is 0. The molecular weight excluding hydrogens is 260 g/mol. The number of hydrogen-bond donors (Lipinski definition) is 2. The number of furan rings is 1. The first-order chi connectivity index (χ1) is 10.2. The summed E-state index contributed by atoms with van der Waals surface area (Å²) in [5, 5.41) is 2.53. The summed E-state index contributed by atoms with van der Waals surface area (Å²) < 4.78 is 5.63. The predicted molar refractivity (Wildman–Crippen MR) is 85.9 cm³/mol. The van der Waals surface area contributed by atoms with E-state index in [1.807, 2.05) is 13.8 Å². The number of aryl methyl sites for hydroxylation is 2. The fourth-order valence-corrected chi connectivity index (χ4v) is 2.95. The van der Waals surface area contributed by atoms with Gasteiger partial charge in [0.25, 0.3) is 0 Å².